The van der Waals surface area contributed by atoms with E-state index < -0.39 is 0 Å². The minimum atomic E-state index is -0.0369. The van der Waals surface area contributed by atoms with Crippen molar-refractivity contribution >= 4 is 0 Å². The van der Waals surface area contributed by atoms with Gasteiger partial charge < -0.3 is 14.9 Å². The van der Waals surface area contributed by atoms with E-state index in [1.54, 1.807) is 13.2 Å². The highest BCUT2D eigenvalue weighted by Crippen LogP contribution is 2.26. The quantitative estimate of drug-likeness (QED) is 0.868. The van der Waals surface area contributed by atoms with E-state index in [1.807, 2.05) is 36.4 Å². The molecule has 0 aliphatic carbocycles. The molecule has 0 saturated carbocycles. The Morgan fingerprint density at radius 2 is 1.56 bits per heavy atom. The van der Waals surface area contributed by atoms with Crippen LogP contribution in [-0.4, -0.2) is 17.3 Å². The number of methoxy groups -OCH3 is 1. The number of rotatable bonds is 4. The molecule has 3 nitrogen and oxygen atoms in total. The van der Waals surface area contributed by atoms with Crippen molar-refractivity contribution in [3.63, 3.8) is 0 Å². The Kier molecular flexibility index (Phi) is 3.97. The summed E-state index contributed by atoms with van der Waals surface area (Å²) in [5.41, 5.74) is 3.54. The maximum Gasteiger partial charge on any atom is 0.119 e. The summed E-state index contributed by atoms with van der Waals surface area (Å²) < 4.78 is 5.19. The molecule has 0 bridgehead atoms. The van der Waals surface area contributed by atoms with Gasteiger partial charge in [-0.3, -0.25) is 0 Å². The molecule has 18 heavy (non-hydrogen) atoms. The van der Waals surface area contributed by atoms with E-state index in [4.69, 9.17) is 4.74 Å². The number of benzene rings is 2. The third-order valence-electron chi connectivity index (χ3n) is 2.82. The maximum absolute atomic E-state index is 9.22. The molecule has 2 rings (SSSR count). The highest BCUT2D eigenvalue weighted by atomic mass is 16.5. The van der Waals surface area contributed by atoms with Crippen molar-refractivity contribution in [3.05, 3.63) is 53.6 Å². The summed E-state index contributed by atoms with van der Waals surface area (Å²) in [6.07, 6.45) is 0. The monoisotopic (exact) mass is 244 g/mol. The third-order valence-corrected chi connectivity index (χ3v) is 2.82. The van der Waals surface area contributed by atoms with Crippen LogP contribution in [0.15, 0.2) is 42.5 Å². The predicted octanol–water partition coefficient (Wildman–Crippen LogP) is 2.35. The van der Waals surface area contributed by atoms with Crippen molar-refractivity contribution in [3.8, 4) is 16.9 Å². The molecule has 0 radical (unpaired) electrons. The van der Waals surface area contributed by atoms with Crippen LogP contribution in [0.3, 0.4) is 0 Å². The lowest BCUT2D eigenvalue weighted by atomic mass is 10.00. The molecular formula is C15H16O3. The van der Waals surface area contributed by atoms with E-state index in [0.29, 0.717) is 0 Å². The van der Waals surface area contributed by atoms with Gasteiger partial charge in [-0.2, -0.15) is 0 Å². The lowest BCUT2D eigenvalue weighted by molar-refractivity contribution is 0.275. The second kappa shape index (κ2) is 5.67. The molecule has 0 unspecified atom stereocenters. The average molecular weight is 244 g/mol. The third kappa shape index (κ3) is 2.70. The Bertz CT molecular complexity index is 513. The van der Waals surface area contributed by atoms with Crippen LogP contribution in [0.2, 0.25) is 0 Å². The van der Waals surface area contributed by atoms with Crippen LogP contribution >= 0.6 is 0 Å². The van der Waals surface area contributed by atoms with Gasteiger partial charge in [0.05, 0.1) is 20.3 Å². The fourth-order valence-electron chi connectivity index (χ4n) is 1.91. The van der Waals surface area contributed by atoms with Gasteiger partial charge in [-0.05, 0) is 46.5 Å². The minimum Gasteiger partial charge on any atom is -0.497 e. The SMILES string of the molecule is COc1cccc(-c2cc(CO)cc(CO)c2)c1. The average Bonchev–Trinajstić information content (AvgIpc) is 2.46. The first-order valence-corrected chi connectivity index (χ1v) is 5.76. The van der Waals surface area contributed by atoms with Gasteiger partial charge in [0.1, 0.15) is 5.75 Å². The highest BCUT2D eigenvalue weighted by molar-refractivity contribution is 5.66. The summed E-state index contributed by atoms with van der Waals surface area (Å²) in [5.74, 6) is 0.785. The predicted molar refractivity (Wildman–Crippen MR) is 70.3 cm³/mol. The lowest BCUT2D eigenvalue weighted by Crippen LogP contribution is -1.91. The van der Waals surface area contributed by atoms with Crippen molar-refractivity contribution in [1.29, 1.82) is 0 Å². The summed E-state index contributed by atoms with van der Waals surface area (Å²) in [6.45, 7) is -0.0738. The largest absolute Gasteiger partial charge is 0.497 e. The van der Waals surface area contributed by atoms with E-state index in [9.17, 15) is 10.2 Å². The Morgan fingerprint density at radius 3 is 2.11 bits per heavy atom. The number of hydrogen-bond donors (Lipinski definition) is 2. The number of ether oxygens (including phenoxy) is 1. The highest BCUT2D eigenvalue weighted by Gasteiger charge is 2.04. The molecule has 0 fully saturated rings. The summed E-state index contributed by atoms with van der Waals surface area (Å²) in [7, 11) is 1.63. The second-order valence-electron chi connectivity index (χ2n) is 4.09. The Balaban J connectivity index is 2.48. The van der Waals surface area contributed by atoms with E-state index >= 15 is 0 Å². The van der Waals surface area contributed by atoms with Crippen LogP contribution in [0.25, 0.3) is 11.1 Å². The van der Waals surface area contributed by atoms with Gasteiger partial charge in [0.15, 0.2) is 0 Å². The molecule has 0 heterocycles. The minimum absolute atomic E-state index is 0.0369. The molecule has 0 saturated heterocycles. The fourth-order valence-corrected chi connectivity index (χ4v) is 1.91. The van der Waals surface area contributed by atoms with Crippen molar-refractivity contribution in [2.24, 2.45) is 0 Å². The fraction of sp³-hybridized carbons (Fsp3) is 0.200. The van der Waals surface area contributed by atoms with Gasteiger partial charge in [0.2, 0.25) is 0 Å². The van der Waals surface area contributed by atoms with E-state index in [2.05, 4.69) is 0 Å². The molecule has 0 atom stereocenters. The molecule has 0 amide bonds. The zero-order valence-corrected chi connectivity index (χ0v) is 10.3. The molecule has 0 aliphatic heterocycles. The van der Waals surface area contributed by atoms with Crippen LogP contribution < -0.4 is 4.74 Å². The van der Waals surface area contributed by atoms with E-state index in [0.717, 1.165) is 28.0 Å². The molecule has 0 aromatic heterocycles. The van der Waals surface area contributed by atoms with Crippen LogP contribution in [0.4, 0.5) is 0 Å². The van der Waals surface area contributed by atoms with Gasteiger partial charge in [0.25, 0.3) is 0 Å². The van der Waals surface area contributed by atoms with Gasteiger partial charge >= 0.3 is 0 Å². The normalized spacial score (nSPS) is 10.4. The molecule has 2 aromatic rings. The van der Waals surface area contributed by atoms with Gasteiger partial charge in [-0.15, -0.1) is 0 Å². The molecular weight excluding hydrogens is 228 g/mol. The first kappa shape index (κ1) is 12.6. The van der Waals surface area contributed by atoms with E-state index in [-0.39, 0.29) is 13.2 Å². The summed E-state index contributed by atoms with van der Waals surface area (Å²) in [4.78, 5) is 0. The Labute approximate surface area is 106 Å². The summed E-state index contributed by atoms with van der Waals surface area (Å²) in [6, 6.07) is 13.3. The molecule has 2 aromatic carbocycles. The molecule has 0 aliphatic rings. The first-order chi connectivity index (χ1) is 8.76. The van der Waals surface area contributed by atoms with Crippen molar-refractivity contribution in [2.45, 2.75) is 13.2 Å². The van der Waals surface area contributed by atoms with Gasteiger partial charge in [-0.25, -0.2) is 0 Å². The zero-order chi connectivity index (χ0) is 13.0. The Morgan fingerprint density at radius 1 is 0.889 bits per heavy atom. The summed E-state index contributed by atoms with van der Waals surface area (Å²) in [5, 5.41) is 18.4. The molecule has 2 N–H and O–H groups in total. The van der Waals surface area contributed by atoms with Crippen molar-refractivity contribution in [2.75, 3.05) is 7.11 Å². The maximum atomic E-state index is 9.22. The molecule has 0 spiro atoms. The van der Waals surface area contributed by atoms with Crippen molar-refractivity contribution in [1.82, 2.24) is 0 Å². The van der Waals surface area contributed by atoms with Crippen LogP contribution in [0, 0.1) is 0 Å². The lowest BCUT2D eigenvalue weighted by Gasteiger charge is -2.08. The number of hydrogen-bond acceptors (Lipinski definition) is 3. The Hall–Kier alpha value is -1.84. The zero-order valence-electron chi connectivity index (χ0n) is 10.3. The van der Waals surface area contributed by atoms with Gasteiger partial charge in [-0.1, -0.05) is 18.2 Å². The molecule has 3 heteroatoms. The number of aliphatic hydroxyl groups excluding tert-OH is 2. The van der Waals surface area contributed by atoms with Crippen molar-refractivity contribution < 1.29 is 14.9 Å². The second-order valence-corrected chi connectivity index (χ2v) is 4.09. The topological polar surface area (TPSA) is 49.7 Å². The first-order valence-electron chi connectivity index (χ1n) is 5.76. The van der Waals surface area contributed by atoms with E-state index in [1.165, 1.54) is 0 Å². The van der Waals surface area contributed by atoms with Crippen LogP contribution in [0.5, 0.6) is 5.75 Å². The van der Waals surface area contributed by atoms with Gasteiger partial charge in [0, 0.05) is 0 Å². The molecule has 94 valence electrons. The number of aliphatic hydroxyl groups is 2. The standard InChI is InChI=1S/C15H16O3/c1-18-15-4-2-3-13(8-15)14-6-11(9-16)5-12(7-14)10-17/h2-8,16-17H,9-10H2,1H3. The van der Waals surface area contributed by atoms with Crippen LogP contribution in [0.1, 0.15) is 11.1 Å². The smallest absolute Gasteiger partial charge is 0.119 e. The summed E-state index contributed by atoms with van der Waals surface area (Å²) >= 11 is 0. The van der Waals surface area contributed by atoms with Crippen LogP contribution in [-0.2, 0) is 13.2 Å².